The third kappa shape index (κ3) is 4.12. The second-order valence-electron chi connectivity index (χ2n) is 3.57. The number of aryl methyl sites for hydroxylation is 1. The summed E-state index contributed by atoms with van der Waals surface area (Å²) in [4.78, 5) is 0. The third-order valence-corrected chi connectivity index (χ3v) is 2.59. The van der Waals surface area contributed by atoms with Crippen LogP contribution in [0.2, 0.25) is 0 Å². The van der Waals surface area contributed by atoms with Crippen LogP contribution in [0.1, 0.15) is 17.5 Å². The number of methoxy groups -OCH3 is 1. The highest BCUT2D eigenvalue weighted by molar-refractivity contribution is 6.20. The van der Waals surface area contributed by atoms with Crippen molar-refractivity contribution in [2.24, 2.45) is 0 Å². The molecule has 0 saturated heterocycles. The summed E-state index contributed by atoms with van der Waals surface area (Å²) in [6.07, 6.45) is 1.83. The summed E-state index contributed by atoms with van der Waals surface area (Å²) in [7, 11) is 1.70. The molecule has 1 rings (SSSR count). The van der Waals surface area contributed by atoms with Crippen LogP contribution >= 0.6 is 11.6 Å². The number of rotatable bonds is 5. The largest absolute Gasteiger partial charge is 0.385 e. The van der Waals surface area contributed by atoms with Gasteiger partial charge >= 0.3 is 0 Å². The molecule has 0 aromatic heterocycles. The fraction of sp³-hybridized carbons (Fsp3) is 0.500. The van der Waals surface area contributed by atoms with E-state index in [0.717, 1.165) is 19.4 Å². The lowest BCUT2D eigenvalue weighted by atomic mass is 10.1. The Morgan fingerprint density at radius 2 is 1.93 bits per heavy atom. The number of hydrogen-bond acceptors (Lipinski definition) is 1. The van der Waals surface area contributed by atoms with Crippen molar-refractivity contribution in [2.75, 3.05) is 13.7 Å². The smallest absolute Gasteiger partial charge is 0.0476 e. The molecule has 78 valence electrons. The minimum atomic E-state index is 0.178. The molecule has 0 aliphatic carbocycles. The Morgan fingerprint density at radius 1 is 1.29 bits per heavy atom. The van der Waals surface area contributed by atoms with Gasteiger partial charge in [-0.05, 0) is 25.3 Å². The number of hydrogen-bond donors (Lipinski definition) is 0. The molecular formula is C12H17ClO. The number of ether oxygens (including phenoxy) is 1. The molecule has 2 heteroatoms. The fourth-order valence-corrected chi connectivity index (χ4v) is 1.59. The second kappa shape index (κ2) is 6.05. The Bertz CT molecular complexity index is 256. The summed E-state index contributed by atoms with van der Waals surface area (Å²) in [6.45, 7) is 2.83. The highest BCUT2D eigenvalue weighted by atomic mass is 35.5. The van der Waals surface area contributed by atoms with Gasteiger partial charge in [-0.2, -0.15) is 0 Å². The standard InChI is InChI=1S/C12H17ClO/c1-10-3-5-11(6-4-10)9-12(13)7-8-14-2/h3-6,12H,7-9H2,1-2H3. The highest BCUT2D eigenvalue weighted by Gasteiger charge is 2.05. The van der Waals surface area contributed by atoms with Crippen LogP contribution < -0.4 is 0 Å². The zero-order valence-electron chi connectivity index (χ0n) is 8.79. The molecule has 1 nitrogen and oxygen atoms in total. The average Bonchev–Trinajstić information content (AvgIpc) is 2.18. The Labute approximate surface area is 91.0 Å². The topological polar surface area (TPSA) is 9.23 Å². The minimum Gasteiger partial charge on any atom is -0.385 e. The summed E-state index contributed by atoms with van der Waals surface area (Å²) >= 11 is 6.15. The van der Waals surface area contributed by atoms with Gasteiger partial charge in [-0.1, -0.05) is 29.8 Å². The van der Waals surface area contributed by atoms with E-state index in [4.69, 9.17) is 16.3 Å². The zero-order chi connectivity index (χ0) is 10.4. The summed E-state index contributed by atoms with van der Waals surface area (Å²) in [5.41, 5.74) is 2.59. The maximum Gasteiger partial charge on any atom is 0.0476 e. The van der Waals surface area contributed by atoms with Crippen molar-refractivity contribution in [1.82, 2.24) is 0 Å². The van der Waals surface area contributed by atoms with Gasteiger partial charge in [-0.25, -0.2) is 0 Å². The van der Waals surface area contributed by atoms with E-state index >= 15 is 0 Å². The molecule has 0 N–H and O–H groups in total. The van der Waals surface area contributed by atoms with Gasteiger partial charge in [0, 0.05) is 19.1 Å². The van der Waals surface area contributed by atoms with Crippen molar-refractivity contribution in [3.05, 3.63) is 35.4 Å². The lowest BCUT2D eigenvalue weighted by Gasteiger charge is -2.08. The van der Waals surface area contributed by atoms with Crippen LogP contribution in [-0.2, 0) is 11.2 Å². The fourth-order valence-electron chi connectivity index (χ4n) is 1.33. The first-order valence-electron chi connectivity index (χ1n) is 4.91. The molecule has 1 unspecified atom stereocenters. The quantitative estimate of drug-likeness (QED) is 0.682. The maximum atomic E-state index is 6.15. The Hall–Kier alpha value is -0.530. The van der Waals surface area contributed by atoms with Gasteiger partial charge in [0.1, 0.15) is 0 Å². The van der Waals surface area contributed by atoms with Crippen molar-refractivity contribution >= 4 is 11.6 Å². The van der Waals surface area contributed by atoms with E-state index < -0.39 is 0 Å². The molecule has 0 spiro atoms. The van der Waals surface area contributed by atoms with E-state index in [1.165, 1.54) is 11.1 Å². The molecule has 0 aliphatic heterocycles. The van der Waals surface area contributed by atoms with E-state index in [1.807, 2.05) is 0 Å². The summed E-state index contributed by atoms with van der Waals surface area (Å²) in [5, 5.41) is 0.178. The second-order valence-corrected chi connectivity index (χ2v) is 4.19. The molecule has 0 heterocycles. The first kappa shape index (κ1) is 11.5. The minimum absolute atomic E-state index is 0.178. The van der Waals surface area contributed by atoms with Gasteiger partial charge in [-0.15, -0.1) is 11.6 Å². The van der Waals surface area contributed by atoms with Gasteiger partial charge < -0.3 is 4.74 Å². The Balaban J connectivity index is 2.39. The van der Waals surface area contributed by atoms with Gasteiger partial charge in [0.15, 0.2) is 0 Å². The van der Waals surface area contributed by atoms with Crippen LogP contribution in [0.25, 0.3) is 0 Å². The van der Waals surface area contributed by atoms with Gasteiger partial charge in [0.2, 0.25) is 0 Å². The van der Waals surface area contributed by atoms with Crippen LogP contribution in [0.3, 0.4) is 0 Å². The van der Waals surface area contributed by atoms with E-state index in [-0.39, 0.29) is 5.38 Å². The van der Waals surface area contributed by atoms with Crippen molar-refractivity contribution in [2.45, 2.75) is 25.1 Å². The van der Waals surface area contributed by atoms with E-state index in [2.05, 4.69) is 31.2 Å². The monoisotopic (exact) mass is 212 g/mol. The average molecular weight is 213 g/mol. The number of halogens is 1. The van der Waals surface area contributed by atoms with E-state index in [9.17, 15) is 0 Å². The van der Waals surface area contributed by atoms with Crippen LogP contribution in [0.5, 0.6) is 0 Å². The first-order valence-corrected chi connectivity index (χ1v) is 5.34. The zero-order valence-corrected chi connectivity index (χ0v) is 9.55. The van der Waals surface area contributed by atoms with E-state index in [1.54, 1.807) is 7.11 Å². The molecule has 1 aromatic carbocycles. The Kier molecular flexibility index (Phi) is 4.99. The van der Waals surface area contributed by atoms with Crippen LogP contribution in [0.4, 0.5) is 0 Å². The molecule has 0 bridgehead atoms. The van der Waals surface area contributed by atoms with Crippen molar-refractivity contribution in [1.29, 1.82) is 0 Å². The molecule has 0 amide bonds. The maximum absolute atomic E-state index is 6.15. The molecule has 0 aliphatic rings. The summed E-state index contributed by atoms with van der Waals surface area (Å²) in [6, 6.07) is 8.51. The molecule has 1 atom stereocenters. The lowest BCUT2D eigenvalue weighted by molar-refractivity contribution is 0.194. The third-order valence-electron chi connectivity index (χ3n) is 2.21. The van der Waals surface area contributed by atoms with E-state index in [0.29, 0.717) is 0 Å². The summed E-state index contributed by atoms with van der Waals surface area (Å²) < 4.78 is 4.98. The molecule has 0 saturated carbocycles. The summed E-state index contributed by atoms with van der Waals surface area (Å²) in [5.74, 6) is 0. The Morgan fingerprint density at radius 3 is 2.50 bits per heavy atom. The molecular weight excluding hydrogens is 196 g/mol. The SMILES string of the molecule is COCCC(Cl)Cc1ccc(C)cc1. The van der Waals surface area contributed by atoms with Crippen molar-refractivity contribution in [3.8, 4) is 0 Å². The van der Waals surface area contributed by atoms with Crippen LogP contribution in [0, 0.1) is 6.92 Å². The van der Waals surface area contributed by atoms with Gasteiger partial charge in [0.25, 0.3) is 0 Å². The molecule has 14 heavy (non-hydrogen) atoms. The molecule has 1 aromatic rings. The first-order chi connectivity index (χ1) is 6.72. The van der Waals surface area contributed by atoms with Crippen molar-refractivity contribution < 1.29 is 4.74 Å². The van der Waals surface area contributed by atoms with Crippen LogP contribution in [-0.4, -0.2) is 19.1 Å². The van der Waals surface area contributed by atoms with Gasteiger partial charge in [0.05, 0.1) is 0 Å². The lowest BCUT2D eigenvalue weighted by Crippen LogP contribution is -2.06. The van der Waals surface area contributed by atoms with Crippen molar-refractivity contribution in [3.63, 3.8) is 0 Å². The van der Waals surface area contributed by atoms with Crippen LogP contribution in [0.15, 0.2) is 24.3 Å². The predicted octanol–water partition coefficient (Wildman–Crippen LogP) is 3.18. The number of alkyl halides is 1. The number of benzene rings is 1. The predicted molar refractivity (Wildman–Crippen MR) is 61.0 cm³/mol. The highest BCUT2D eigenvalue weighted by Crippen LogP contribution is 2.12. The molecule has 0 fully saturated rings. The normalized spacial score (nSPS) is 12.8. The molecule has 0 radical (unpaired) electrons. The van der Waals surface area contributed by atoms with Gasteiger partial charge in [-0.3, -0.25) is 0 Å².